The van der Waals surface area contributed by atoms with Crippen LogP contribution in [0.2, 0.25) is 10.0 Å². The Kier molecular flexibility index (Phi) is 5.80. The molecule has 2 heterocycles. The minimum absolute atomic E-state index is 0.133. The van der Waals surface area contributed by atoms with Gasteiger partial charge in [-0.2, -0.15) is 5.10 Å². The van der Waals surface area contributed by atoms with Gasteiger partial charge in [-0.25, -0.2) is 5.84 Å². The molecule has 0 radical (unpaired) electrons. The highest BCUT2D eigenvalue weighted by Gasteiger charge is 2.21. The first kappa shape index (κ1) is 20.0. The number of hydrogen-bond acceptors (Lipinski definition) is 6. The molecule has 3 rings (SSSR count). The van der Waals surface area contributed by atoms with Gasteiger partial charge in [0.05, 0.1) is 46.8 Å². The standard InChI is InChI=1S/C17H19Cl2N7O2/c1-9(28)24-13-4-12(18)16(19)17-15(13)11(10-5-22-23-6-10)7-26(17)14(20)8-25(21)2-3-27/h4-8,27H,2-3,20-21H2,1H3,(H,22,23)(H,24,28)/b14-8+. The molecule has 0 spiro atoms. The summed E-state index contributed by atoms with van der Waals surface area (Å²) < 4.78 is 1.62. The molecule has 0 unspecified atom stereocenters. The first-order valence-corrected chi connectivity index (χ1v) is 8.98. The zero-order chi connectivity index (χ0) is 20.4. The number of aromatic nitrogens is 3. The van der Waals surface area contributed by atoms with Crippen LogP contribution in [0.3, 0.4) is 0 Å². The molecule has 0 aliphatic rings. The van der Waals surface area contributed by atoms with Crippen LogP contribution in [-0.4, -0.2) is 43.9 Å². The molecule has 0 saturated heterocycles. The van der Waals surface area contributed by atoms with E-state index in [0.717, 1.165) is 11.1 Å². The van der Waals surface area contributed by atoms with E-state index in [1.807, 2.05) is 0 Å². The molecule has 1 aromatic carbocycles. The lowest BCUT2D eigenvalue weighted by Gasteiger charge is -2.15. The molecule has 0 aliphatic heterocycles. The van der Waals surface area contributed by atoms with Crippen molar-refractivity contribution in [2.75, 3.05) is 18.5 Å². The van der Waals surface area contributed by atoms with Gasteiger partial charge in [0.25, 0.3) is 0 Å². The number of amides is 1. The molecular formula is C17H19Cl2N7O2. The van der Waals surface area contributed by atoms with E-state index >= 15 is 0 Å². The van der Waals surface area contributed by atoms with Crippen LogP contribution >= 0.6 is 23.2 Å². The maximum Gasteiger partial charge on any atom is 0.221 e. The molecule has 0 aliphatic carbocycles. The van der Waals surface area contributed by atoms with Crippen LogP contribution in [0.1, 0.15) is 6.92 Å². The minimum Gasteiger partial charge on any atom is -0.394 e. The second-order valence-corrected chi connectivity index (χ2v) is 6.83. The number of anilines is 1. The van der Waals surface area contributed by atoms with Crippen LogP contribution in [0.5, 0.6) is 0 Å². The van der Waals surface area contributed by atoms with Gasteiger partial charge in [-0.3, -0.25) is 14.5 Å². The number of H-pyrrole nitrogens is 1. The second-order valence-electron chi connectivity index (χ2n) is 6.04. The lowest BCUT2D eigenvalue weighted by Crippen LogP contribution is -2.29. The van der Waals surface area contributed by atoms with E-state index in [1.165, 1.54) is 18.1 Å². The number of nitrogens with zero attached hydrogens (tertiary/aromatic N) is 3. The first-order chi connectivity index (χ1) is 13.3. The Hall–Kier alpha value is -2.72. The molecular weight excluding hydrogens is 405 g/mol. The Balaban J connectivity index is 2.34. The maximum atomic E-state index is 11.7. The molecule has 7 N–H and O–H groups in total. The van der Waals surface area contributed by atoms with Crippen molar-refractivity contribution in [3.05, 3.63) is 40.9 Å². The number of nitrogens with one attached hydrogen (secondary N) is 2. The summed E-state index contributed by atoms with van der Waals surface area (Å²) in [6.45, 7) is 1.46. The molecule has 0 bridgehead atoms. The Morgan fingerprint density at radius 1 is 1.50 bits per heavy atom. The van der Waals surface area contributed by atoms with E-state index in [0.29, 0.717) is 16.6 Å². The molecule has 0 atom stereocenters. The third-order valence-corrected chi connectivity index (χ3v) is 4.80. The number of nitrogens with two attached hydrogens (primary N) is 2. The number of rotatable bonds is 6. The molecule has 9 nitrogen and oxygen atoms in total. The number of carbonyl (C=O) groups excluding carboxylic acids is 1. The van der Waals surface area contributed by atoms with Gasteiger partial charge in [-0.15, -0.1) is 0 Å². The third-order valence-electron chi connectivity index (χ3n) is 4.02. The quantitative estimate of drug-likeness (QED) is 0.304. The Labute approximate surface area is 170 Å². The van der Waals surface area contributed by atoms with Crippen molar-refractivity contribution in [1.82, 2.24) is 19.8 Å². The summed E-state index contributed by atoms with van der Waals surface area (Å²) in [5.74, 6) is 5.79. The number of aromatic amines is 1. The van der Waals surface area contributed by atoms with E-state index in [2.05, 4.69) is 15.5 Å². The van der Waals surface area contributed by atoms with Crippen molar-refractivity contribution < 1.29 is 9.90 Å². The molecule has 28 heavy (non-hydrogen) atoms. The summed E-state index contributed by atoms with van der Waals surface area (Å²) in [6, 6.07) is 1.59. The number of carbonyl (C=O) groups is 1. The fourth-order valence-corrected chi connectivity index (χ4v) is 3.33. The van der Waals surface area contributed by atoms with Crippen molar-refractivity contribution in [1.29, 1.82) is 0 Å². The number of hydrazine groups is 1. The summed E-state index contributed by atoms with van der Waals surface area (Å²) in [7, 11) is 0. The van der Waals surface area contributed by atoms with Gasteiger partial charge in [0.1, 0.15) is 5.82 Å². The first-order valence-electron chi connectivity index (χ1n) is 8.23. The van der Waals surface area contributed by atoms with Crippen LogP contribution in [0.15, 0.2) is 30.9 Å². The predicted octanol–water partition coefficient (Wildman–Crippen LogP) is 2.18. The van der Waals surface area contributed by atoms with Crippen molar-refractivity contribution in [2.24, 2.45) is 11.6 Å². The SMILES string of the molecule is CC(=O)Nc1cc(Cl)c(Cl)c2c1c(-c1cn[nH]c1)cn2/C(N)=C/N(N)CCO. The van der Waals surface area contributed by atoms with E-state index < -0.39 is 0 Å². The molecule has 1 amide bonds. The Morgan fingerprint density at radius 3 is 2.86 bits per heavy atom. The predicted molar refractivity (Wildman–Crippen MR) is 110 cm³/mol. The number of hydrogen-bond donors (Lipinski definition) is 5. The smallest absolute Gasteiger partial charge is 0.221 e. The summed E-state index contributed by atoms with van der Waals surface area (Å²) in [4.78, 5) is 11.7. The van der Waals surface area contributed by atoms with Gasteiger partial charge in [-0.1, -0.05) is 23.2 Å². The van der Waals surface area contributed by atoms with E-state index in [1.54, 1.807) is 29.2 Å². The van der Waals surface area contributed by atoms with E-state index in [9.17, 15) is 4.79 Å². The molecule has 148 valence electrons. The molecule has 2 aromatic heterocycles. The zero-order valence-corrected chi connectivity index (χ0v) is 16.4. The van der Waals surface area contributed by atoms with Crippen LogP contribution in [0, 0.1) is 0 Å². The number of fused-ring (bicyclic) bond motifs is 1. The topological polar surface area (TPSA) is 138 Å². The maximum absolute atomic E-state index is 11.7. The average molecular weight is 424 g/mol. The van der Waals surface area contributed by atoms with Gasteiger partial charge in [0.15, 0.2) is 0 Å². The molecule has 0 saturated carbocycles. The van der Waals surface area contributed by atoms with Crippen LogP contribution in [0.4, 0.5) is 5.69 Å². The summed E-state index contributed by atoms with van der Waals surface area (Å²) in [5.41, 5.74) is 8.72. The monoisotopic (exact) mass is 423 g/mol. The highest BCUT2D eigenvalue weighted by Crippen LogP contribution is 2.43. The average Bonchev–Trinajstić information content (AvgIpc) is 3.26. The van der Waals surface area contributed by atoms with Gasteiger partial charge >= 0.3 is 0 Å². The normalized spacial score (nSPS) is 11.8. The zero-order valence-electron chi connectivity index (χ0n) is 14.9. The summed E-state index contributed by atoms with van der Waals surface area (Å²) in [6.07, 6.45) is 6.56. The Morgan fingerprint density at radius 2 is 2.25 bits per heavy atom. The minimum atomic E-state index is -0.259. The molecule has 0 fully saturated rings. The number of benzene rings is 1. The number of aliphatic hydroxyl groups is 1. The Bertz CT molecular complexity index is 1040. The number of halogens is 2. The largest absolute Gasteiger partial charge is 0.394 e. The third kappa shape index (κ3) is 3.78. The van der Waals surface area contributed by atoms with E-state index in [-0.39, 0.29) is 34.9 Å². The highest BCUT2D eigenvalue weighted by atomic mass is 35.5. The summed E-state index contributed by atoms with van der Waals surface area (Å²) in [5, 5.41) is 21.0. The fraction of sp³-hybridized carbons (Fsp3) is 0.176. The van der Waals surface area contributed by atoms with Gasteiger partial charge in [-0.05, 0) is 6.07 Å². The van der Waals surface area contributed by atoms with Crippen molar-refractivity contribution >= 4 is 51.5 Å². The van der Waals surface area contributed by atoms with Gasteiger partial charge < -0.3 is 21.2 Å². The van der Waals surface area contributed by atoms with Gasteiger partial charge in [0, 0.05) is 35.8 Å². The van der Waals surface area contributed by atoms with E-state index in [4.69, 9.17) is 39.9 Å². The van der Waals surface area contributed by atoms with Crippen molar-refractivity contribution in [3.8, 4) is 11.1 Å². The van der Waals surface area contributed by atoms with Gasteiger partial charge in [0.2, 0.25) is 5.91 Å². The van der Waals surface area contributed by atoms with Crippen LogP contribution < -0.4 is 16.9 Å². The van der Waals surface area contributed by atoms with Crippen molar-refractivity contribution in [2.45, 2.75) is 6.92 Å². The molecule has 11 heteroatoms. The second kappa shape index (κ2) is 8.11. The van der Waals surface area contributed by atoms with Crippen molar-refractivity contribution in [3.63, 3.8) is 0 Å². The van der Waals surface area contributed by atoms with Crippen LogP contribution in [-0.2, 0) is 4.79 Å². The molecule has 3 aromatic rings. The fourth-order valence-electron chi connectivity index (χ4n) is 2.89. The highest BCUT2D eigenvalue weighted by molar-refractivity contribution is 6.46. The van der Waals surface area contributed by atoms with Crippen LogP contribution in [0.25, 0.3) is 27.9 Å². The summed E-state index contributed by atoms with van der Waals surface area (Å²) >= 11 is 12.8. The number of aliphatic hydroxyl groups excluding tert-OH is 1. The lowest BCUT2D eigenvalue weighted by molar-refractivity contribution is -0.114. The lowest BCUT2D eigenvalue weighted by atomic mass is 10.1.